The third kappa shape index (κ3) is 3.51. The lowest BCUT2D eigenvalue weighted by Gasteiger charge is -2.12. The first-order valence-electron chi connectivity index (χ1n) is 7.68. The Morgan fingerprint density at radius 1 is 1.09 bits per heavy atom. The molecule has 0 spiro atoms. The van der Waals surface area contributed by atoms with Crippen LogP contribution >= 0.6 is 0 Å². The maximum Gasteiger partial charge on any atom is 0.123 e. The lowest BCUT2D eigenvalue weighted by atomic mass is 9.96. The summed E-state index contributed by atoms with van der Waals surface area (Å²) in [6.07, 6.45) is 1.85. The Hall–Kier alpha value is -2.22. The first-order valence-corrected chi connectivity index (χ1v) is 7.68. The summed E-state index contributed by atoms with van der Waals surface area (Å²) >= 11 is 0. The number of nitrogens with zero attached hydrogens (tertiary/aromatic N) is 1. The summed E-state index contributed by atoms with van der Waals surface area (Å²) in [7, 11) is 0. The minimum Gasteiger partial charge on any atom is -0.258 e. The zero-order valence-electron chi connectivity index (χ0n) is 13.5. The van der Waals surface area contributed by atoms with E-state index in [4.69, 9.17) is 4.99 Å². The van der Waals surface area contributed by atoms with E-state index in [2.05, 4.69) is 20.4 Å². The zero-order valence-corrected chi connectivity index (χ0v) is 13.5. The van der Waals surface area contributed by atoms with Crippen molar-refractivity contribution in [3.63, 3.8) is 0 Å². The summed E-state index contributed by atoms with van der Waals surface area (Å²) in [6.45, 7) is 9.64. The largest absolute Gasteiger partial charge is 0.258 e. The topological polar surface area (TPSA) is 12.4 Å². The van der Waals surface area contributed by atoms with Gasteiger partial charge in [-0.05, 0) is 48.6 Å². The quantitative estimate of drug-likeness (QED) is 0.559. The highest BCUT2D eigenvalue weighted by Crippen LogP contribution is 2.35. The Kier molecular flexibility index (Phi) is 5.26. The van der Waals surface area contributed by atoms with E-state index in [-0.39, 0.29) is 0 Å². The molecule has 0 fully saturated rings. The van der Waals surface area contributed by atoms with Gasteiger partial charge in [0.1, 0.15) is 5.83 Å². The highest BCUT2D eigenvalue weighted by atomic mass is 19.1. The van der Waals surface area contributed by atoms with Crippen molar-refractivity contribution in [2.75, 3.05) is 0 Å². The van der Waals surface area contributed by atoms with Gasteiger partial charge in [-0.1, -0.05) is 50.8 Å². The molecule has 1 nitrogen and oxygen atoms in total. The predicted octanol–water partition coefficient (Wildman–Crippen LogP) is 6.49. The van der Waals surface area contributed by atoms with Gasteiger partial charge in [-0.15, -0.1) is 0 Å². The van der Waals surface area contributed by atoms with Crippen molar-refractivity contribution in [2.24, 2.45) is 4.99 Å². The molecule has 2 heteroatoms. The lowest BCUT2D eigenvalue weighted by Crippen LogP contribution is -1.94. The van der Waals surface area contributed by atoms with Crippen LogP contribution in [0, 0.1) is 6.92 Å². The maximum absolute atomic E-state index is 13.9. The molecule has 0 saturated heterocycles. The number of aryl methyl sites for hydroxylation is 1. The molecule has 0 heterocycles. The minimum absolute atomic E-state index is 0.413. The Labute approximate surface area is 132 Å². The van der Waals surface area contributed by atoms with E-state index < -0.39 is 5.83 Å². The zero-order chi connectivity index (χ0) is 16.1. The van der Waals surface area contributed by atoms with E-state index in [1.54, 1.807) is 0 Å². The number of rotatable bonds is 5. The summed E-state index contributed by atoms with van der Waals surface area (Å²) in [5.41, 5.74) is 5.37. The number of aliphatic imine (C=N–C) groups is 1. The molecule has 0 saturated carbocycles. The second-order valence-corrected chi connectivity index (χ2v) is 5.34. The van der Waals surface area contributed by atoms with E-state index in [9.17, 15) is 4.39 Å². The van der Waals surface area contributed by atoms with Gasteiger partial charge in [0.05, 0.1) is 5.69 Å². The fourth-order valence-electron chi connectivity index (χ4n) is 2.48. The van der Waals surface area contributed by atoms with Crippen LogP contribution in [0.15, 0.2) is 54.0 Å². The van der Waals surface area contributed by atoms with E-state index in [0.29, 0.717) is 5.56 Å². The van der Waals surface area contributed by atoms with Crippen molar-refractivity contribution in [3.05, 3.63) is 60.2 Å². The van der Waals surface area contributed by atoms with Gasteiger partial charge in [-0.2, -0.15) is 0 Å². The summed E-state index contributed by atoms with van der Waals surface area (Å²) in [6, 6.07) is 13.6. The highest BCUT2D eigenvalue weighted by molar-refractivity contribution is 5.88. The molecule has 0 aliphatic heterocycles. The molecule has 2 aromatic carbocycles. The van der Waals surface area contributed by atoms with Gasteiger partial charge in [0.15, 0.2) is 0 Å². The van der Waals surface area contributed by atoms with Crippen LogP contribution in [0.25, 0.3) is 17.0 Å². The first-order chi connectivity index (χ1) is 10.6. The molecular weight excluding hydrogens is 273 g/mol. The average molecular weight is 295 g/mol. The van der Waals surface area contributed by atoms with Crippen LogP contribution in [-0.4, -0.2) is 5.71 Å². The standard InChI is InChI=1S/C20H22FN/c1-5-17(6-2)22-20-13-19(16-10-8-7-9-11-16)18(15(4)21)12-14(20)3/h7-13H,4-6H2,1-3H3. The Morgan fingerprint density at radius 2 is 1.73 bits per heavy atom. The molecular formula is C20H22FN. The monoisotopic (exact) mass is 295 g/mol. The van der Waals surface area contributed by atoms with Crippen LogP contribution < -0.4 is 0 Å². The molecule has 0 bridgehead atoms. The smallest absolute Gasteiger partial charge is 0.123 e. The molecule has 0 aliphatic carbocycles. The molecule has 0 atom stereocenters. The van der Waals surface area contributed by atoms with E-state index in [0.717, 1.165) is 40.9 Å². The predicted molar refractivity (Wildman–Crippen MR) is 94.4 cm³/mol. The van der Waals surface area contributed by atoms with Crippen LogP contribution in [0.5, 0.6) is 0 Å². The SMILES string of the molecule is C=C(F)c1cc(C)c(N=C(CC)CC)cc1-c1ccccc1. The highest BCUT2D eigenvalue weighted by Gasteiger charge is 2.12. The maximum atomic E-state index is 13.9. The third-order valence-electron chi connectivity index (χ3n) is 3.81. The van der Waals surface area contributed by atoms with E-state index >= 15 is 0 Å². The average Bonchev–Trinajstić information content (AvgIpc) is 2.54. The van der Waals surface area contributed by atoms with Crippen LogP contribution in [0.4, 0.5) is 10.1 Å². The first kappa shape index (κ1) is 16.2. The van der Waals surface area contributed by atoms with E-state index in [1.807, 2.05) is 49.4 Å². The summed E-state index contributed by atoms with van der Waals surface area (Å²) in [5, 5.41) is 0. The summed E-state index contributed by atoms with van der Waals surface area (Å²) < 4.78 is 13.9. The van der Waals surface area contributed by atoms with Crippen molar-refractivity contribution in [1.82, 2.24) is 0 Å². The summed E-state index contributed by atoms with van der Waals surface area (Å²) in [5.74, 6) is -0.413. The van der Waals surface area contributed by atoms with Gasteiger partial charge in [-0.25, -0.2) is 4.39 Å². The second-order valence-electron chi connectivity index (χ2n) is 5.34. The number of halogens is 1. The molecule has 2 aromatic rings. The number of hydrogen-bond donors (Lipinski definition) is 0. The van der Waals surface area contributed by atoms with Crippen molar-refractivity contribution in [1.29, 1.82) is 0 Å². The normalized spacial score (nSPS) is 10.4. The number of benzene rings is 2. The molecule has 0 amide bonds. The molecule has 2 rings (SSSR count). The molecule has 114 valence electrons. The Bertz CT molecular complexity index is 693. The fraction of sp³-hybridized carbons (Fsp3) is 0.250. The molecule has 0 N–H and O–H groups in total. The Balaban J connectivity index is 2.65. The van der Waals surface area contributed by atoms with Gasteiger partial charge >= 0.3 is 0 Å². The van der Waals surface area contributed by atoms with Crippen molar-refractivity contribution in [3.8, 4) is 11.1 Å². The van der Waals surface area contributed by atoms with Crippen LogP contribution in [-0.2, 0) is 0 Å². The summed E-state index contributed by atoms with van der Waals surface area (Å²) in [4.78, 5) is 4.75. The lowest BCUT2D eigenvalue weighted by molar-refractivity contribution is 0.763. The second kappa shape index (κ2) is 7.17. The van der Waals surface area contributed by atoms with Crippen LogP contribution in [0.2, 0.25) is 0 Å². The third-order valence-corrected chi connectivity index (χ3v) is 3.81. The van der Waals surface area contributed by atoms with Crippen molar-refractivity contribution >= 4 is 17.2 Å². The van der Waals surface area contributed by atoms with E-state index in [1.165, 1.54) is 0 Å². The van der Waals surface area contributed by atoms with Gasteiger partial charge in [0, 0.05) is 11.3 Å². The van der Waals surface area contributed by atoms with Crippen molar-refractivity contribution < 1.29 is 4.39 Å². The van der Waals surface area contributed by atoms with Gasteiger partial charge < -0.3 is 0 Å². The van der Waals surface area contributed by atoms with Crippen LogP contribution in [0.3, 0.4) is 0 Å². The number of hydrogen-bond acceptors (Lipinski definition) is 1. The molecule has 0 aliphatic rings. The minimum atomic E-state index is -0.413. The van der Waals surface area contributed by atoms with Gasteiger partial charge in [-0.3, -0.25) is 4.99 Å². The van der Waals surface area contributed by atoms with Gasteiger partial charge in [0.25, 0.3) is 0 Å². The molecule has 0 unspecified atom stereocenters. The molecule has 0 radical (unpaired) electrons. The van der Waals surface area contributed by atoms with Crippen LogP contribution in [0.1, 0.15) is 37.8 Å². The molecule has 22 heavy (non-hydrogen) atoms. The fourth-order valence-corrected chi connectivity index (χ4v) is 2.48. The Morgan fingerprint density at radius 3 is 2.27 bits per heavy atom. The molecule has 0 aromatic heterocycles. The van der Waals surface area contributed by atoms with Crippen molar-refractivity contribution in [2.45, 2.75) is 33.6 Å². The van der Waals surface area contributed by atoms with Gasteiger partial charge in [0.2, 0.25) is 0 Å².